The molecular formula is C24H14Cl3N3O3. The molecule has 0 aliphatic rings. The quantitative estimate of drug-likeness (QED) is 0.275. The van der Waals surface area contributed by atoms with E-state index in [-0.39, 0.29) is 28.9 Å². The van der Waals surface area contributed by atoms with Crippen LogP contribution in [0.3, 0.4) is 0 Å². The predicted molar refractivity (Wildman–Crippen MR) is 127 cm³/mol. The Morgan fingerprint density at radius 1 is 1.06 bits per heavy atom. The summed E-state index contributed by atoms with van der Waals surface area (Å²) in [4.78, 5) is 21.6. The number of phenolic OH excluding ortho intramolecular Hbond substituents is 1. The Morgan fingerprint density at radius 3 is 2.67 bits per heavy atom. The average molecular weight is 499 g/mol. The first-order valence-electron chi connectivity index (χ1n) is 9.78. The Labute approximate surface area is 203 Å². The van der Waals surface area contributed by atoms with Crippen LogP contribution in [0.15, 0.2) is 71.5 Å². The van der Waals surface area contributed by atoms with Crippen molar-refractivity contribution in [2.45, 2.75) is 6.54 Å². The Bertz CT molecular complexity index is 1510. The molecule has 5 rings (SSSR count). The fourth-order valence-electron chi connectivity index (χ4n) is 3.63. The number of ketones is 1. The third-order valence-corrected chi connectivity index (χ3v) is 6.18. The van der Waals surface area contributed by atoms with Gasteiger partial charge in [-0.25, -0.2) is 4.98 Å². The topological polar surface area (TPSA) is 81.2 Å². The highest BCUT2D eigenvalue weighted by atomic mass is 35.5. The number of hydrogen-bond donors (Lipinski definition) is 1. The molecule has 3 heterocycles. The SMILES string of the molecule is O=C(c1ncc(-c2cccnc2)o1)c1c(Cl)n(Cc2ccc(Cl)cc2Cl)c2ccc(O)cc12. The van der Waals surface area contributed by atoms with Gasteiger partial charge in [0.05, 0.1) is 23.8 Å². The summed E-state index contributed by atoms with van der Waals surface area (Å²) in [5.41, 5.74) is 2.27. The van der Waals surface area contributed by atoms with E-state index in [4.69, 9.17) is 39.2 Å². The Morgan fingerprint density at radius 2 is 1.91 bits per heavy atom. The third kappa shape index (κ3) is 3.97. The van der Waals surface area contributed by atoms with Gasteiger partial charge in [0, 0.05) is 33.4 Å². The minimum Gasteiger partial charge on any atom is -0.508 e. The van der Waals surface area contributed by atoms with Crippen molar-refractivity contribution in [2.75, 3.05) is 0 Å². The van der Waals surface area contributed by atoms with Crippen molar-refractivity contribution in [3.05, 3.63) is 99.3 Å². The minimum absolute atomic E-state index is 0.00153. The molecule has 0 atom stereocenters. The number of benzene rings is 2. The summed E-state index contributed by atoms with van der Waals surface area (Å²) in [6, 6.07) is 13.4. The number of carbonyl (C=O) groups is 1. The van der Waals surface area contributed by atoms with Crippen molar-refractivity contribution in [1.82, 2.24) is 14.5 Å². The molecule has 2 aromatic carbocycles. The fourth-order valence-corrected chi connectivity index (χ4v) is 4.44. The predicted octanol–water partition coefficient (Wildman–Crippen LogP) is 6.64. The summed E-state index contributed by atoms with van der Waals surface area (Å²) in [5, 5.41) is 11.7. The van der Waals surface area contributed by atoms with E-state index in [2.05, 4.69) is 9.97 Å². The molecule has 0 bridgehead atoms. The maximum absolute atomic E-state index is 13.4. The number of aromatic nitrogens is 3. The van der Waals surface area contributed by atoms with Gasteiger partial charge >= 0.3 is 0 Å². The van der Waals surface area contributed by atoms with Crippen molar-refractivity contribution in [1.29, 1.82) is 0 Å². The van der Waals surface area contributed by atoms with Crippen molar-refractivity contribution in [3.63, 3.8) is 0 Å². The van der Waals surface area contributed by atoms with Crippen LogP contribution >= 0.6 is 34.8 Å². The molecule has 164 valence electrons. The summed E-state index contributed by atoms with van der Waals surface area (Å²) >= 11 is 19.1. The number of nitrogens with zero attached hydrogens (tertiary/aromatic N) is 3. The second-order valence-electron chi connectivity index (χ2n) is 7.29. The lowest BCUT2D eigenvalue weighted by Gasteiger charge is -2.09. The first-order valence-corrected chi connectivity index (χ1v) is 10.9. The standard InChI is InChI=1S/C24H14Cl3N3O3/c25-15-4-3-14(18(26)8-15)12-30-19-6-5-16(31)9-17(19)21(23(30)27)22(32)24-29-11-20(33-24)13-2-1-7-28-10-13/h1-11,31H,12H2. The molecule has 33 heavy (non-hydrogen) atoms. The molecule has 0 fully saturated rings. The van der Waals surface area contributed by atoms with Crippen LogP contribution in [0.2, 0.25) is 15.2 Å². The minimum atomic E-state index is -0.508. The van der Waals surface area contributed by atoms with Crippen LogP contribution < -0.4 is 0 Å². The van der Waals surface area contributed by atoms with Crippen LogP contribution in [0.1, 0.15) is 21.8 Å². The van der Waals surface area contributed by atoms with E-state index < -0.39 is 5.78 Å². The maximum Gasteiger partial charge on any atom is 0.268 e. The van der Waals surface area contributed by atoms with E-state index in [1.54, 1.807) is 53.4 Å². The lowest BCUT2D eigenvalue weighted by atomic mass is 10.1. The van der Waals surface area contributed by atoms with Crippen LogP contribution in [-0.4, -0.2) is 25.4 Å². The molecule has 0 saturated carbocycles. The molecule has 0 saturated heterocycles. The monoisotopic (exact) mass is 497 g/mol. The summed E-state index contributed by atoms with van der Waals surface area (Å²) in [6.07, 6.45) is 4.71. The van der Waals surface area contributed by atoms with Crippen molar-refractivity contribution < 1.29 is 14.3 Å². The van der Waals surface area contributed by atoms with Crippen LogP contribution in [-0.2, 0) is 6.54 Å². The number of pyridine rings is 1. The van der Waals surface area contributed by atoms with E-state index in [1.807, 2.05) is 0 Å². The van der Waals surface area contributed by atoms with Crippen LogP contribution in [0.5, 0.6) is 5.75 Å². The number of halogens is 3. The average Bonchev–Trinajstić information content (AvgIpc) is 3.39. The molecule has 0 aliphatic carbocycles. The van der Waals surface area contributed by atoms with Crippen LogP contribution in [0.25, 0.3) is 22.2 Å². The smallest absolute Gasteiger partial charge is 0.268 e. The van der Waals surface area contributed by atoms with Crippen LogP contribution in [0, 0.1) is 0 Å². The summed E-state index contributed by atoms with van der Waals surface area (Å²) in [7, 11) is 0. The second kappa shape index (κ2) is 8.56. The van der Waals surface area contributed by atoms with Gasteiger partial charge in [-0.05, 0) is 48.0 Å². The molecule has 9 heteroatoms. The van der Waals surface area contributed by atoms with Gasteiger partial charge in [-0.15, -0.1) is 0 Å². The largest absolute Gasteiger partial charge is 0.508 e. The Kier molecular flexibility index (Phi) is 5.58. The van der Waals surface area contributed by atoms with Crippen molar-refractivity contribution >= 4 is 51.5 Å². The van der Waals surface area contributed by atoms with E-state index in [0.717, 1.165) is 5.56 Å². The maximum atomic E-state index is 13.4. The first kappa shape index (κ1) is 21.5. The van der Waals surface area contributed by atoms with Crippen LogP contribution in [0.4, 0.5) is 0 Å². The van der Waals surface area contributed by atoms with Crippen molar-refractivity contribution in [2.24, 2.45) is 0 Å². The highest BCUT2D eigenvalue weighted by Gasteiger charge is 2.27. The van der Waals surface area contributed by atoms with Gasteiger partial charge in [-0.3, -0.25) is 9.78 Å². The van der Waals surface area contributed by atoms with Crippen molar-refractivity contribution in [3.8, 4) is 17.1 Å². The van der Waals surface area contributed by atoms with Gasteiger partial charge < -0.3 is 14.1 Å². The fraction of sp³-hybridized carbons (Fsp3) is 0.0417. The Balaban J connectivity index is 1.61. The second-order valence-corrected chi connectivity index (χ2v) is 8.49. The summed E-state index contributed by atoms with van der Waals surface area (Å²) in [5.74, 6) is -0.227. The number of carbonyl (C=O) groups excluding carboxylic acids is 1. The number of oxazole rings is 1. The molecule has 0 amide bonds. The van der Waals surface area contributed by atoms with Gasteiger partial charge in [0.2, 0.25) is 0 Å². The lowest BCUT2D eigenvalue weighted by Crippen LogP contribution is -2.04. The highest BCUT2D eigenvalue weighted by molar-refractivity contribution is 6.37. The molecule has 3 aromatic heterocycles. The molecule has 0 radical (unpaired) electrons. The van der Waals surface area contributed by atoms with E-state index in [0.29, 0.717) is 32.3 Å². The third-order valence-electron chi connectivity index (χ3n) is 5.20. The number of rotatable bonds is 5. The number of aromatic hydroxyl groups is 1. The Hall–Kier alpha value is -3.32. The van der Waals surface area contributed by atoms with Gasteiger partial charge in [-0.1, -0.05) is 40.9 Å². The molecule has 0 aliphatic heterocycles. The summed E-state index contributed by atoms with van der Waals surface area (Å²) < 4.78 is 7.45. The van der Waals surface area contributed by atoms with E-state index >= 15 is 0 Å². The summed E-state index contributed by atoms with van der Waals surface area (Å²) in [6.45, 7) is 0.288. The zero-order valence-electron chi connectivity index (χ0n) is 16.8. The number of phenols is 1. The molecule has 0 spiro atoms. The lowest BCUT2D eigenvalue weighted by molar-refractivity contribution is 0.100. The molecular weight excluding hydrogens is 485 g/mol. The highest BCUT2D eigenvalue weighted by Crippen LogP contribution is 2.36. The number of hydrogen-bond acceptors (Lipinski definition) is 5. The normalized spacial score (nSPS) is 11.2. The molecule has 5 aromatic rings. The van der Waals surface area contributed by atoms with Gasteiger partial charge in [-0.2, -0.15) is 0 Å². The van der Waals surface area contributed by atoms with E-state index in [1.165, 1.54) is 18.3 Å². The van der Waals surface area contributed by atoms with Gasteiger partial charge in [0.1, 0.15) is 10.9 Å². The first-order chi connectivity index (χ1) is 15.9. The zero-order valence-corrected chi connectivity index (χ0v) is 19.1. The zero-order chi connectivity index (χ0) is 23.1. The van der Waals surface area contributed by atoms with Gasteiger partial charge in [0.15, 0.2) is 5.76 Å². The molecule has 1 N–H and O–H groups in total. The van der Waals surface area contributed by atoms with Gasteiger partial charge in [0.25, 0.3) is 11.7 Å². The molecule has 6 nitrogen and oxygen atoms in total. The molecule has 0 unspecified atom stereocenters. The number of fused-ring (bicyclic) bond motifs is 1. The van der Waals surface area contributed by atoms with E-state index in [9.17, 15) is 9.90 Å².